The van der Waals surface area contributed by atoms with Crippen molar-refractivity contribution < 1.29 is 14.3 Å². The van der Waals surface area contributed by atoms with Crippen LogP contribution >= 0.6 is 0 Å². The molecule has 1 aromatic carbocycles. The third-order valence-corrected chi connectivity index (χ3v) is 5.45. The van der Waals surface area contributed by atoms with Crippen molar-refractivity contribution in [2.45, 2.75) is 38.1 Å². The molecule has 8 nitrogen and oxygen atoms in total. The van der Waals surface area contributed by atoms with Gasteiger partial charge in [0.2, 0.25) is 11.8 Å². The normalized spacial score (nSPS) is 20.3. The number of likely N-dealkylation sites (tertiary alicyclic amines) is 1. The number of nitrogens with one attached hydrogen (secondary N) is 1. The number of methoxy groups -OCH3 is 1. The van der Waals surface area contributed by atoms with Crippen LogP contribution < -0.4 is 10.1 Å². The fourth-order valence-corrected chi connectivity index (χ4v) is 4.00. The Kier molecular flexibility index (Phi) is 4.79. The average molecular weight is 369 g/mol. The van der Waals surface area contributed by atoms with Gasteiger partial charge in [0.1, 0.15) is 18.4 Å². The van der Waals surface area contributed by atoms with Crippen LogP contribution in [-0.4, -0.2) is 51.2 Å². The molecule has 1 aliphatic carbocycles. The number of amides is 2. The predicted octanol–water partition coefficient (Wildman–Crippen LogP) is 2.01. The number of carbonyl (C=O) groups is 2. The molecule has 1 unspecified atom stereocenters. The number of hydrogen-bond acceptors (Lipinski definition) is 5. The number of carbonyl (C=O) groups excluding carboxylic acids is 2. The lowest BCUT2D eigenvalue weighted by Crippen LogP contribution is -2.35. The number of nitrogens with zero attached hydrogens (tertiary/aromatic N) is 4. The SMILES string of the molecule is COc1ccc(-n2cnnc2)cc1NC(=O)C1CC(=O)N(C2CCCC2)C1. The molecule has 1 N–H and O–H groups in total. The van der Waals surface area contributed by atoms with E-state index < -0.39 is 0 Å². The first-order valence-electron chi connectivity index (χ1n) is 9.29. The average Bonchev–Trinajstić information content (AvgIpc) is 3.43. The van der Waals surface area contributed by atoms with Crippen LogP contribution in [0, 0.1) is 5.92 Å². The molecule has 2 amide bonds. The lowest BCUT2D eigenvalue weighted by Gasteiger charge is -2.24. The molecule has 1 atom stereocenters. The first-order chi connectivity index (χ1) is 13.2. The topological polar surface area (TPSA) is 89.3 Å². The zero-order valence-electron chi connectivity index (χ0n) is 15.3. The molecule has 2 heterocycles. The van der Waals surface area contributed by atoms with Gasteiger partial charge >= 0.3 is 0 Å². The van der Waals surface area contributed by atoms with Crippen LogP contribution in [0.5, 0.6) is 5.75 Å². The molecule has 8 heteroatoms. The molecule has 0 spiro atoms. The van der Waals surface area contributed by atoms with Gasteiger partial charge in [-0.25, -0.2) is 0 Å². The second kappa shape index (κ2) is 7.38. The Balaban J connectivity index is 1.49. The Morgan fingerprint density at radius 1 is 1.22 bits per heavy atom. The minimum atomic E-state index is -0.332. The van der Waals surface area contributed by atoms with Crippen molar-refractivity contribution in [1.82, 2.24) is 19.7 Å². The standard InChI is InChI=1S/C19H23N5O3/c1-27-17-7-6-15(23-11-20-21-12-23)9-16(17)22-19(26)13-8-18(25)24(10-13)14-4-2-3-5-14/h6-7,9,11-14H,2-5,8,10H2,1H3,(H,22,26). The van der Waals surface area contributed by atoms with Gasteiger partial charge in [-0.05, 0) is 31.0 Å². The molecular weight excluding hydrogens is 346 g/mol. The van der Waals surface area contributed by atoms with Gasteiger partial charge in [-0.3, -0.25) is 14.2 Å². The van der Waals surface area contributed by atoms with Gasteiger partial charge in [0, 0.05) is 19.0 Å². The fraction of sp³-hybridized carbons (Fsp3) is 0.474. The maximum absolute atomic E-state index is 12.8. The van der Waals surface area contributed by atoms with E-state index in [-0.39, 0.29) is 24.2 Å². The van der Waals surface area contributed by atoms with Crippen molar-refractivity contribution in [2.24, 2.45) is 5.92 Å². The minimum Gasteiger partial charge on any atom is -0.495 e. The smallest absolute Gasteiger partial charge is 0.229 e. The molecule has 2 aromatic rings. The molecule has 1 aliphatic heterocycles. The number of ether oxygens (including phenoxy) is 1. The number of rotatable bonds is 5. The van der Waals surface area contributed by atoms with Gasteiger partial charge in [-0.2, -0.15) is 0 Å². The van der Waals surface area contributed by atoms with Crippen molar-refractivity contribution in [3.63, 3.8) is 0 Å². The van der Waals surface area contributed by atoms with E-state index in [1.54, 1.807) is 30.4 Å². The van der Waals surface area contributed by atoms with Gasteiger partial charge in [-0.1, -0.05) is 12.8 Å². The number of aromatic nitrogens is 3. The summed E-state index contributed by atoms with van der Waals surface area (Å²) in [4.78, 5) is 27.1. The van der Waals surface area contributed by atoms with Crippen molar-refractivity contribution >= 4 is 17.5 Å². The summed E-state index contributed by atoms with van der Waals surface area (Å²) in [6, 6.07) is 5.77. The molecule has 0 radical (unpaired) electrons. The van der Waals surface area contributed by atoms with Crippen LogP contribution in [-0.2, 0) is 9.59 Å². The highest BCUT2D eigenvalue weighted by molar-refractivity contribution is 5.98. The Bertz CT molecular complexity index is 830. The molecule has 1 aromatic heterocycles. The van der Waals surface area contributed by atoms with Crippen LogP contribution in [0.15, 0.2) is 30.9 Å². The van der Waals surface area contributed by atoms with Crippen LogP contribution in [0.4, 0.5) is 5.69 Å². The second-order valence-corrected chi connectivity index (χ2v) is 7.13. The molecule has 4 rings (SSSR count). The van der Waals surface area contributed by atoms with E-state index in [0.29, 0.717) is 24.0 Å². The highest BCUT2D eigenvalue weighted by Gasteiger charge is 2.38. The van der Waals surface area contributed by atoms with E-state index in [1.165, 1.54) is 12.8 Å². The fourth-order valence-electron chi connectivity index (χ4n) is 4.00. The highest BCUT2D eigenvalue weighted by Crippen LogP contribution is 2.32. The van der Waals surface area contributed by atoms with Crippen LogP contribution in [0.3, 0.4) is 0 Å². The third kappa shape index (κ3) is 3.51. The lowest BCUT2D eigenvalue weighted by molar-refractivity contribution is -0.129. The summed E-state index contributed by atoms with van der Waals surface area (Å²) in [7, 11) is 1.56. The number of anilines is 1. The summed E-state index contributed by atoms with van der Waals surface area (Å²) in [5.74, 6) is 0.175. The third-order valence-electron chi connectivity index (χ3n) is 5.45. The van der Waals surface area contributed by atoms with E-state index in [9.17, 15) is 9.59 Å². The Hall–Kier alpha value is -2.90. The van der Waals surface area contributed by atoms with E-state index in [0.717, 1.165) is 18.5 Å². The van der Waals surface area contributed by atoms with Crippen molar-refractivity contribution in [2.75, 3.05) is 19.0 Å². The predicted molar refractivity (Wildman–Crippen MR) is 98.6 cm³/mol. The quantitative estimate of drug-likeness (QED) is 0.871. The van der Waals surface area contributed by atoms with Crippen molar-refractivity contribution in [3.05, 3.63) is 30.9 Å². The molecule has 142 valence electrons. The van der Waals surface area contributed by atoms with Gasteiger partial charge < -0.3 is 15.0 Å². The summed E-state index contributed by atoms with van der Waals surface area (Å²) >= 11 is 0. The van der Waals surface area contributed by atoms with E-state index in [1.807, 2.05) is 17.0 Å². The van der Waals surface area contributed by atoms with Crippen molar-refractivity contribution in [1.29, 1.82) is 0 Å². The molecule has 2 aliphatic rings. The molecule has 0 bridgehead atoms. The summed E-state index contributed by atoms with van der Waals surface area (Å²) < 4.78 is 7.12. The first kappa shape index (κ1) is 17.5. The largest absolute Gasteiger partial charge is 0.495 e. The number of hydrogen-bond donors (Lipinski definition) is 1. The van der Waals surface area contributed by atoms with Gasteiger partial charge in [-0.15, -0.1) is 10.2 Å². The zero-order valence-corrected chi connectivity index (χ0v) is 15.3. The van der Waals surface area contributed by atoms with E-state index in [4.69, 9.17) is 4.74 Å². The van der Waals surface area contributed by atoms with Crippen LogP contribution in [0.1, 0.15) is 32.1 Å². The maximum Gasteiger partial charge on any atom is 0.229 e. The van der Waals surface area contributed by atoms with Gasteiger partial charge in [0.05, 0.1) is 24.4 Å². The Morgan fingerprint density at radius 3 is 2.67 bits per heavy atom. The molecule has 1 saturated heterocycles. The highest BCUT2D eigenvalue weighted by atomic mass is 16.5. The second-order valence-electron chi connectivity index (χ2n) is 7.13. The van der Waals surface area contributed by atoms with E-state index >= 15 is 0 Å². The Morgan fingerprint density at radius 2 is 1.96 bits per heavy atom. The summed E-state index contributed by atoms with van der Waals surface area (Å²) in [6.45, 7) is 0.503. The molecular formula is C19H23N5O3. The Labute approximate surface area is 157 Å². The molecule has 27 heavy (non-hydrogen) atoms. The molecule has 2 fully saturated rings. The summed E-state index contributed by atoms with van der Waals surface area (Å²) in [5, 5.41) is 10.5. The monoisotopic (exact) mass is 369 g/mol. The zero-order chi connectivity index (χ0) is 18.8. The lowest BCUT2D eigenvalue weighted by atomic mass is 10.1. The van der Waals surface area contributed by atoms with E-state index in [2.05, 4.69) is 15.5 Å². The first-order valence-corrected chi connectivity index (χ1v) is 9.29. The molecule has 1 saturated carbocycles. The van der Waals surface area contributed by atoms with Gasteiger partial charge in [0.15, 0.2) is 0 Å². The maximum atomic E-state index is 12.8. The van der Waals surface area contributed by atoms with Crippen molar-refractivity contribution in [3.8, 4) is 11.4 Å². The number of benzene rings is 1. The summed E-state index contributed by atoms with van der Waals surface area (Å²) in [6.07, 6.45) is 7.88. The minimum absolute atomic E-state index is 0.0901. The summed E-state index contributed by atoms with van der Waals surface area (Å²) in [5.41, 5.74) is 1.38. The van der Waals surface area contributed by atoms with Gasteiger partial charge in [0.25, 0.3) is 0 Å². The van der Waals surface area contributed by atoms with Crippen LogP contribution in [0.25, 0.3) is 5.69 Å². The van der Waals surface area contributed by atoms with Crippen LogP contribution in [0.2, 0.25) is 0 Å².